The van der Waals surface area contributed by atoms with Crippen molar-refractivity contribution in [2.75, 3.05) is 13.1 Å². The molecule has 1 aliphatic heterocycles. The predicted molar refractivity (Wildman–Crippen MR) is 134 cm³/mol. The summed E-state index contributed by atoms with van der Waals surface area (Å²) >= 11 is 0. The number of aryl methyl sites for hydroxylation is 2. The Hall–Kier alpha value is -3.25. The van der Waals surface area contributed by atoms with Gasteiger partial charge in [0.15, 0.2) is 0 Å². The number of pyridine rings is 1. The van der Waals surface area contributed by atoms with E-state index in [0.29, 0.717) is 12.3 Å². The Bertz CT molecular complexity index is 1290. The number of benzene rings is 3. The third-order valence-corrected chi connectivity index (χ3v) is 7.24. The first-order chi connectivity index (χ1) is 16.7. The molecule has 2 N–H and O–H groups in total. The molecule has 0 saturated carbocycles. The normalized spacial score (nSPS) is 21.6. The minimum Gasteiger partial charge on any atom is -0.455 e. The van der Waals surface area contributed by atoms with E-state index in [9.17, 15) is 5.11 Å². The number of hydrogen-bond acceptors (Lipinski definition) is 5. The van der Waals surface area contributed by atoms with Crippen molar-refractivity contribution < 1.29 is 9.84 Å². The standard InChI is InChI=1S/C29H29N3O2/c1-20(33)29(34-24-18-23-10-4-7-13-27(23)30-19-24)31-16-17-32(29)28-25-11-5-2-8-21(25)14-15-22-9-3-6-12-26(22)28/h2-13,18-20,28,31,33H,14-17H2,1H3. The van der Waals surface area contributed by atoms with Crippen LogP contribution in [0.15, 0.2) is 85.1 Å². The molecule has 1 saturated heterocycles. The molecule has 172 valence electrons. The van der Waals surface area contributed by atoms with Crippen molar-refractivity contribution in [1.82, 2.24) is 15.2 Å². The highest BCUT2D eigenvalue weighted by Crippen LogP contribution is 2.42. The highest BCUT2D eigenvalue weighted by Gasteiger charge is 2.51. The second-order valence-corrected chi connectivity index (χ2v) is 9.26. The van der Waals surface area contributed by atoms with Gasteiger partial charge in [0.1, 0.15) is 11.9 Å². The van der Waals surface area contributed by atoms with E-state index in [2.05, 4.69) is 63.7 Å². The van der Waals surface area contributed by atoms with Gasteiger partial charge in [0.05, 0.1) is 17.8 Å². The molecule has 0 amide bonds. The largest absolute Gasteiger partial charge is 0.455 e. The Kier molecular flexibility index (Phi) is 5.33. The van der Waals surface area contributed by atoms with E-state index in [4.69, 9.17) is 4.74 Å². The molecule has 2 heterocycles. The van der Waals surface area contributed by atoms with E-state index >= 15 is 0 Å². The molecule has 6 rings (SSSR count). The molecule has 34 heavy (non-hydrogen) atoms. The van der Waals surface area contributed by atoms with Gasteiger partial charge in [0.25, 0.3) is 0 Å². The summed E-state index contributed by atoms with van der Waals surface area (Å²) in [4.78, 5) is 6.89. The maximum absolute atomic E-state index is 11.2. The maximum Gasteiger partial charge on any atom is 0.247 e. The SMILES string of the molecule is CC(O)C1(Oc2cnc3ccccc3c2)NCCN1C1c2ccccc2CCc2ccccc21. The summed E-state index contributed by atoms with van der Waals surface area (Å²) in [7, 11) is 0. The lowest BCUT2D eigenvalue weighted by atomic mass is 9.92. The smallest absolute Gasteiger partial charge is 0.247 e. The van der Waals surface area contributed by atoms with E-state index in [1.165, 1.54) is 22.3 Å². The average Bonchev–Trinajstić information content (AvgIpc) is 3.21. The number of fused-ring (bicyclic) bond motifs is 3. The van der Waals surface area contributed by atoms with Crippen LogP contribution in [0, 0.1) is 0 Å². The fourth-order valence-corrected chi connectivity index (χ4v) is 5.63. The fourth-order valence-electron chi connectivity index (χ4n) is 5.63. The number of para-hydroxylation sites is 1. The number of aliphatic hydroxyl groups excluding tert-OH is 1. The zero-order valence-corrected chi connectivity index (χ0v) is 19.3. The van der Waals surface area contributed by atoms with Crippen LogP contribution in [0.2, 0.25) is 0 Å². The average molecular weight is 452 g/mol. The Morgan fingerprint density at radius 2 is 1.62 bits per heavy atom. The molecule has 0 bridgehead atoms. The summed E-state index contributed by atoms with van der Waals surface area (Å²) < 4.78 is 6.67. The first-order valence-corrected chi connectivity index (χ1v) is 12.0. The highest BCUT2D eigenvalue weighted by molar-refractivity contribution is 5.79. The van der Waals surface area contributed by atoms with Gasteiger partial charge < -0.3 is 9.84 Å². The van der Waals surface area contributed by atoms with Gasteiger partial charge in [0, 0.05) is 18.5 Å². The van der Waals surface area contributed by atoms with Crippen LogP contribution in [-0.2, 0) is 12.8 Å². The number of rotatable bonds is 4. The molecule has 2 atom stereocenters. The first kappa shape index (κ1) is 21.3. The molecule has 2 aliphatic rings. The summed E-state index contributed by atoms with van der Waals surface area (Å²) in [5.41, 5.74) is 6.18. The summed E-state index contributed by atoms with van der Waals surface area (Å²) in [6.45, 7) is 3.26. The molecule has 0 spiro atoms. The van der Waals surface area contributed by atoms with Crippen molar-refractivity contribution >= 4 is 10.9 Å². The number of aliphatic hydroxyl groups is 1. The van der Waals surface area contributed by atoms with Crippen LogP contribution < -0.4 is 10.1 Å². The summed E-state index contributed by atoms with van der Waals surface area (Å²) in [5.74, 6) is -0.450. The lowest BCUT2D eigenvalue weighted by Crippen LogP contribution is -2.64. The minimum absolute atomic E-state index is 0.0343. The van der Waals surface area contributed by atoms with E-state index in [1.54, 1.807) is 13.1 Å². The molecule has 2 unspecified atom stereocenters. The monoisotopic (exact) mass is 451 g/mol. The van der Waals surface area contributed by atoms with Crippen molar-refractivity contribution in [1.29, 1.82) is 0 Å². The van der Waals surface area contributed by atoms with E-state index < -0.39 is 12.0 Å². The topological polar surface area (TPSA) is 57.6 Å². The third-order valence-electron chi connectivity index (χ3n) is 7.24. The molecular weight excluding hydrogens is 422 g/mol. The third kappa shape index (κ3) is 3.48. The first-order valence-electron chi connectivity index (χ1n) is 12.0. The second kappa shape index (κ2) is 8.51. The highest BCUT2D eigenvalue weighted by atomic mass is 16.6. The van der Waals surface area contributed by atoms with Crippen LogP contribution in [0.1, 0.15) is 35.2 Å². The minimum atomic E-state index is -1.08. The quantitative estimate of drug-likeness (QED) is 0.480. The van der Waals surface area contributed by atoms with Gasteiger partial charge in [0.2, 0.25) is 5.85 Å². The van der Waals surface area contributed by atoms with Crippen molar-refractivity contribution in [2.24, 2.45) is 0 Å². The molecule has 3 aromatic carbocycles. The zero-order chi connectivity index (χ0) is 23.1. The van der Waals surface area contributed by atoms with Crippen LogP contribution in [0.4, 0.5) is 0 Å². The Morgan fingerprint density at radius 1 is 0.971 bits per heavy atom. The molecular formula is C29H29N3O2. The summed E-state index contributed by atoms with van der Waals surface area (Å²) in [6.07, 6.45) is 2.97. The Morgan fingerprint density at radius 3 is 2.32 bits per heavy atom. The number of hydrogen-bond donors (Lipinski definition) is 2. The van der Waals surface area contributed by atoms with Gasteiger partial charge in [-0.3, -0.25) is 10.3 Å². The van der Waals surface area contributed by atoms with Crippen LogP contribution in [0.3, 0.4) is 0 Å². The Labute approximate surface area is 200 Å². The van der Waals surface area contributed by atoms with Crippen molar-refractivity contribution in [3.8, 4) is 5.75 Å². The number of nitrogens with one attached hydrogen (secondary N) is 1. The number of ether oxygens (including phenoxy) is 1. The zero-order valence-electron chi connectivity index (χ0n) is 19.3. The fraction of sp³-hybridized carbons (Fsp3) is 0.276. The number of nitrogens with zero attached hydrogens (tertiary/aromatic N) is 2. The molecule has 5 nitrogen and oxygen atoms in total. The van der Waals surface area contributed by atoms with Gasteiger partial charge in [-0.15, -0.1) is 0 Å². The van der Waals surface area contributed by atoms with Crippen LogP contribution in [-0.4, -0.2) is 40.0 Å². The van der Waals surface area contributed by atoms with E-state index in [0.717, 1.165) is 30.3 Å². The Balaban J connectivity index is 1.48. The van der Waals surface area contributed by atoms with Gasteiger partial charge in [-0.2, -0.15) is 0 Å². The van der Waals surface area contributed by atoms with Gasteiger partial charge in [-0.1, -0.05) is 66.7 Å². The van der Waals surface area contributed by atoms with Crippen molar-refractivity contribution in [3.63, 3.8) is 0 Å². The predicted octanol–water partition coefficient (Wildman–Crippen LogP) is 4.44. The lowest BCUT2D eigenvalue weighted by molar-refractivity contribution is -0.158. The van der Waals surface area contributed by atoms with Crippen LogP contribution >= 0.6 is 0 Å². The maximum atomic E-state index is 11.2. The number of aromatic nitrogens is 1. The van der Waals surface area contributed by atoms with Crippen molar-refractivity contribution in [3.05, 3.63) is 107 Å². The van der Waals surface area contributed by atoms with Crippen LogP contribution in [0.5, 0.6) is 5.75 Å². The van der Waals surface area contributed by atoms with Crippen molar-refractivity contribution in [2.45, 2.75) is 37.8 Å². The van der Waals surface area contributed by atoms with Gasteiger partial charge in [-0.05, 0) is 54.2 Å². The lowest BCUT2D eigenvalue weighted by Gasteiger charge is -2.44. The van der Waals surface area contributed by atoms with Crippen LogP contribution in [0.25, 0.3) is 10.9 Å². The van der Waals surface area contributed by atoms with E-state index in [-0.39, 0.29) is 6.04 Å². The summed E-state index contributed by atoms with van der Waals surface area (Å²) in [5, 5.41) is 15.7. The molecule has 1 fully saturated rings. The molecule has 0 radical (unpaired) electrons. The van der Waals surface area contributed by atoms with E-state index in [1.807, 2.05) is 30.3 Å². The second-order valence-electron chi connectivity index (χ2n) is 9.26. The molecule has 1 aromatic heterocycles. The van der Waals surface area contributed by atoms with Gasteiger partial charge >= 0.3 is 0 Å². The molecule has 4 aromatic rings. The van der Waals surface area contributed by atoms with Gasteiger partial charge in [-0.25, -0.2) is 4.90 Å². The summed E-state index contributed by atoms with van der Waals surface area (Å²) in [6, 6.07) is 27.3. The molecule has 1 aliphatic carbocycles. The molecule has 5 heteroatoms.